The molecule has 20 heavy (non-hydrogen) atoms. The van der Waals surface area contributed by atoms with E-state index in [2.05, 4.69) is 39.2 Å². The summed E-state index contributed by atoms with van der Waals surface area (Å²) >= 11 is 3.38. The van der Waals surface area contributed by atoms with Gasteiger partial charge in [0.25, 0.3) is 0 Å². The first-order chi connectivity index (χ1) is 9.74. The molecule has 0 fully saturated rings. The second-order valence-corrected chi connectivity index (χ2v) is 5.46. The number of aromatic nitrogens is 1. The minimum Gasteiger partial charge on any atom is -0.487 e. The first kappa shape index (κ1) is 15.0. The Bertz CT molecular complexity index is 538. The lowest BCUT2D eigenvalue weighted by Crippen LogP contribution is -2.16. The van der Waals surface area contributed by atoms with Crippen molar-refractivity contribution in [2.75, 3.05) is 7.05 Å². The van der Waals surface area contributed by atoms with Gasteiger partial charge in [0.2, 0.25) is 0 Å². The van der Waals surface area contributed by atoms with Crippen molar-refractivity contribution in [3.63, 3.8) is 0 Å². The molecule has 0 saturated carbocycles. The minimum absolute atomic E-state index is 0.309. The molecule has 0 aliphatic heterocycles. The van der Waals surface area contributed by atoms with Crippen molar-refractivity contribution >= 4 is 15.9 Å². The highest BCUT2D eigenvalue weighted by Gasteiger charge is 2.12. The lowest BCUT2D eigenvalue weighted by molar-refractivity contribution is 0.294. The van der Waals surface area contributed by atoms with Crippen molar-refractivity contribution in [1.82, 2.24) is 10.3 Å². The number of hydrogen-bond donors (Lipinski definition) is 1. The molecular formula is C16H19BrN2O. The summed E-state index contributed by atoms with van der Waals surface area (Å²) in [7, 11) is 1.97. The van der Waals surface area contributed by atoms with E-state index in [0.717, 1.165) is 22.3 Å². The van der Waals surface area contributed by atoms with Gasteiger partial charge >= 0.3 is 0 Å². The van der Waals surface area contributed by atoms with Crippen LogP contribution in [-0.4, -0.2) is 12.0 Å². The Labute approximate surface area is 128 Å². The van der Waals surface area contributed by atoms with Crippen molar-refractivity contribution in [3.05, 3.63) is 58.3 Å². The Morgan fingerprint density at radius 2 is 2.05 bits per heavy atom. The van der Waals surface area contributed by atoms with Crippen LogP contribution in [0.4, 0.5) is 0 Å². The van der Waals surface area contributed by atoms with Crippen molar-refractivity contribution in [1.29, 1.82) is 0 Å². The molecule has 0 aliphatic rings. The molecule has 3 nitrogen and oxygen atoms in total. The third kappa shape index (κ3) is 3.81. The van der Waals surface area contributed by atoms with E-state index in [1.165, 1.54) is 5.56 Å². The van der Waals surface area contributed by atoms with Gasteiger partial charge in [-0.1, -0.05) is 25.1 Å². The van der Waals surface area contributed by atoms with Gasteiger partial charge in [0.05, 0.1) is 5.69 Å². The van der Waals surface area contributed by atoms with E-state index >= 15 is 0 Å². The summed E-state index contributed by atoms with van der Waals surface area (Å²) in [6.07, 6.45) is 2.81. The Balaban J connectivity index is 2.11. The molecule has 4 heteroatoms. The molecule has 0 spiro atoms. The van der Waals surface area contributed by atoms with Crippen molar-refractivity contribution in [3.8, 4) is 5.75 Å². The largest absolute Gasteiger partial charge is 0.487 e. The second-order valence-electron chi connectivity index (χ2n) is 4.54. The zero-order chi connectivity index (χ0) is 14.4. The smallest absolute Gasteiger partial charge is 0.130 e. The number of rotatable bonds is 6. The second kappa shape index (κ2) is 7.41. The molecule has 0 amide bonds. The Hall–Kier alpha value is -1.39. The summed E-state index contributed by atoms with van der Waals surface area (Å²) in [6, 6.07) is 12.4. The van der Waals surface area contributed by atoms with Gasteiger partial charge in [-0.3, -0.25) is 4.98 Å². The van der Waals surface area contributed by atoms with Crippen LogP contribution in [0.15, 0.2) is 47.1 Å². The van der Waals surface area contributed by atoms with Crippen LogP contribution in [-0.2, 0) is 6.61 Å². The molecular weight excluding hydrogens is 316 g/mol. The molecule has 1 aromatic heterocycles. The highest BCUT2D eigenvalue weighted by molar-refractivity contribution is 9.10. The molecule has 0 aliphatic carbocycles. The van der Waals surface area contributed by atoms with E-state index in [0.29, 0.717) is 12.6 Å². The molecule has 0 radical (unpaired) electrons. The molecule has 1 aromatic carbocycles. The van der Waals surface area contributed by atoms with E-state index in [4.69, 9.17) is 4.74 Å². The number of pyridine rings is 1. The Morgan fingerprint density at radius 1 is 1.25 bits per heavy atom. The Morgan fingerprint density at radius 3 is 2.70 bits per heavy atom. The summed E-state index contributed by atoms with van der Waals surface area (Å²) in [6.45, 7) is 2.64. The van der Waals surface area contributed by atoms with Gasteiger partial charge < -0.3 is 10.1 Å². The molecule has 106 valence electrons. The molecule has 0 saturated heterocycles. The molecule has 2 rings (SSSR count). The summed E-state index contributed by atoms with van der Waals surface area (Å²) in [5.41, 5.74) is 2.11. The van der Waals surface area contributed by atoms with Gasteiger partial charge in [-0.05, 0) is 47.6 Å². The average molecular weight is 335 g/mol. The van der Waals surface area contributed by atoms with Gasteiger partial charge in [-0.15, -0.1) is 0 Å². The first-order valence-corrected chi connectivity index (χ1v) is 7.53. The van der Waals surface area contributed by atoms with Crippen molar-refractivity contribution in [2.24, 2.45) is 0 Å². The van der Waals surface area contributed by atoms with Gasteiger partial charge in [0, 0.05) is 22.3 Å². The van der Waals surface area contributed by atoms with Crippen LogP contribution in [0.3, 0.4) is 0 Å². The number of ether oxygens (including phenoxy) is 1. The van der Waals surface area contributed by atoms with Gasteiger partial charge in [0.1, 0.15) is 12.4 Å². The fourth-order valence-electron chi connectivity index (χ4n) is 2.12. The topological polar surface area (TPSA) is 34.1 Å². The summed E-state index contributed by atoms with van der Waals surface area (Å²) in [4.78, 5) is 4.32. The fraction of sp³-hybridized carbons (Fsp3) is 0.312. The molecule has 1 N–H and O–H groups in total. The van der Waals surface area contributed by atoms with Crippen LogP contribution in [0.25, 0.3) is 0 Å². The average Bonchev–Trinajstić information content (AvgIpc) is 2.49. The normalized spacial score (nSPS) is 12.2. The number of nitrogens with one attached hydrogen (secondary N) is 1. The van der Waals surface area contributed by atoms with E-state index in [1.54, 1.807) is 6.20 Å². The SMILES string of the molecule is CCC(NC)c1ccccc1OCc1ccc(Br)cn1. The molecule has 1 atom stereocenters. The quantitative estimate of drug-likeness (QED) is 0.863. The van der Waals surface area contributed by atoms with Crippen molar-refractivity contribution in [2.45, 2.75) is 26.0 Å². The maximum absolute atomic E-state index is 5.93. The monoisotopic (exact) mass is 334 g/mol. The van der Waals surface area contributed by atoms with Crippen LogP contribution in [0.5, 0.6) is 5.75 Å². The van der Waals surface area contributed by atoms with E-state index < -0.39 is 0 Å². The fourth-order valence-corrected chi connectivity index (χ4v) is 2.36. The van der Waals surface area contributed by atoms with Crippen LogP contribution >= 0.6 is 15.9 Å². The predicted molar refractivity (Wildman–Crippen MR) is 84.8 cm³/mol. The first-order valence-electron chi connectivity index (χ1n) is 6.74. The predicted octanol–water partition coefficient (Wildman–Crippen LogP) is 4.09. The Kier molecular flexibility index (Phi) is 5.56. The van der Waals surface area contributed by atoms with Crippen LogP contribution in [0.1, 0.15) is 30.6 Å². The molecule has 1 heterocycles. The third-order valence-electron chi connectivity index (χ3n) is 3.22. The van der Waals surface area contributed by atoms with E-state index in [1.807, 2.05) is 37.4 Å². The van der Waals surface area contributed by atoms with E-state index in [-0.39, 0.29) is 0 Å². The summed E-state index contributed by atoms with van der Waals surface area (Å²) in [5, 5.41) is 3.31. The summed E-state index contributed by atoms with van der Waals surface area (Å²) < 4.78 is 6.90. The molecule has 1 unspecified atom stereocenters. The highest BCUT2D eigenvalue weighted by atomic mass is 79.9. The van der Waals surface area contributed by atoms with Gasteiger partial charge in [-0.2, -0.15) is 0 Å². The van der Waals surface area contributed by atoms with Crippen LogP contribution < -0.4 is 10.1 Å². The van der Waals surface area contributed by atoms with Crippen molar-refractivity contribution < 1.29 is 4.74 Å². The number of halogens is 1. The lowest BCUT2D eigenvalue weighted by atomic mass is 10.0. The summed E-state index contributed by atoms with van der Waals surface area (Å²) in [5.74, 6) is 0.915. The minimum atomic E-state index is 0.309. The standard InChI is InChI=1S/C16H19BrN2O/c1-3-15(18-2)14-6-4-5-7-16(14)20-11-13-9-8-12(17)10-19-13/h4-10,15,18H,3,11H2,1-2H3. The molecule has 2 aromatic rings. The zero-order valence-electron chi connectivity index (χ0n) is 11.8. The lowest BCUT2D eigenvalue weighted by Gasteiger charge is -2.18. The number of hydrogen-bond acceptors (Lipinski definition) is 3. The maximum atomic E-state index is 5.93. The number of benzene rings is 1. The van der Waals surface area contributed by atoms with Crippen LogP contribution in [0, 0.1) is 0 Å². The maximum Gasteiger partial charge on any atom is 0.130 e. The van der Waals surface area contributed by atoms with E-state index in [9.17, 15) is 0 Å². The number of nitrogens with zero attached hydrogens (tertiary/aromatic N) is 1. The third-order valence-corrected chi connectivity index (χ3v) is 3.68. The highest BCUT2D eigenvalue weighted by Crippen LogP contribution is 2.27. The zero-order valence-corrected chi connectivity index (χ0v) is 13.4. The van der Waals surface area contributed by atoms with Crippen LogP contribution in [0.2, 0.25) is 0 Å². The molecule has 0 bridgehead atoms. The van der Waals surface area contributed by atoms with Gasteiger partial charge in [-0.25, -0.2) is 0 Å². The number of para-hydroxylation sites is 1. The van der Waals surface area contributed by atoms with Gasteiger partial charge in [0.15, 0.2) is 0 Å².